The number of carbonyl (C=O) groups is 1. The first kappa shape index (κ1) is 23.0. The van der Waals surface area contributed by atoms with Gasteiger partial charge in [0.05, 0.1) is 16.9 Å². The van der Waals surface area contributed by atoms with Crippen molar-refractivity contribution in [3.63, 3.8) is 0 Å². The summed E-state index contributed by atoms with van der Waals surface area (Å²) in [6.45, 7) is 1.73. The van der Waals surface area contributed by atoms with Crippen LogP contribution in [0.1, 0.15) is 5.56 Å². The van der Waals surface area contributed by atoms with Gasteiger partial charge in [0.15, 0.2) is 0 Å². The number of para-hydroxylation sites is 1. The molecule has 0 aliphatic carbocycles. The van der Waals surface area contributed by atoms with Crippen LogP contribution in [0.25, 0.3) is 33.2 Å². The molecule has 0 spiro atoms. The fraction of sp³-hybridized carbons (Fsp3) is 0.0690. The molecule has 2 heterocycles. The summed E-state index contributed by atoms with van der Waals surface area (Å²) in [7, 11) is 1.68. The van der Waals surface area contributed by atoms with E-state index >= 15 is 0 Å². The average molecular weight is 479 g/mol. The third-order valence-corrected chi connectivity index (χ3v) is 6.14. The van der Waals surface area contributed by atoms with Crippen molar-refractivity contribution < 1.29 is 9.18 Å². The first-order valence-electron chi connectivity index (χ1n) is 11.4. The van der Waals surface area contributed by atoms with Crippen LogP contribution in [0.5, 0.6) is 0 Å². The number of fused-ring (bicyclic) bond motifs is 1. The zero-order chi connectivity index (χ0) is 25.2. The summed E-state index contributed by atoms with van der Waals surface area (Å²) in [6, 6.07) is 22.8. The number of aryl methyl sites for hydroxylation is 2. The molecule has 0 aliphatic rings. The Bertz CT molecular complexity index is 1660. The van der Waals surface area contributed by atoms with E-state index in [4.69, 9.17) is 0 Å². The lowest BCUT2D eigenvalue weighted by atomic mass is 9.99. The topological polar surface area (TPSA) is 76.0 Å². The SMILES string of the molecule is Cc1cc(F)c(NC(=O)Nc2ccccc2-c2ccccc2)cc1-c1cc2cnccc2n(C)c1=O. The van der Waals surface area contributed by atoms with Crippen molar-refractivity contribution in [2.75, 3.05) is 10.6 Å². The monoisotopic (exact) mass is 478 g/mol. The van der Waals surface area contributed by atoms with Crippen LogP contribution < -0.4 is 16.2 Å². The zero-order valence-corrected chi connectivity index (χ0v) is 19.7. The lowest BCUT2D eigenvalue weighted by molar-refractivity contribution is 0.262. The van der Waals surface area contributed by atoms with Crippen LogP contribution >= 0.6 is 0 Å². The van der Waals surface area contributed by atoms with Gasteiger partial charge in [0, 0.05) is 36.0 Å². The molecule has 3 aromatic carbocycles. The van der Waals surface area contributed by atoms with E-state index < -0.39 is 11.8 Å². The second-order valence-corrected chi connectivity index (χ2v) is 8.49. The van der Waals surface area contributed by atoms with E-state index in [1.54, 1.807) is 44.6 Å². The van der Waals surface area contributed by atoms with Gasteiger partial charge in [0.1, 0.15) is 5.82 Å². The molecule has 0 bridgehead atoms. The second-order valence-electron chi connectivity index (χ2n) is 8.49. The molecule has 2 aromatic heterocycles. The Morgan fingerprint density at radius 2 is 1.58 bits per heavy atom. The van der Waals surface area contributed by atoms with Crippen molar-refractivity contribution in [1.82, 2.24) is 9.55 Å². The maximum Gasteiger partial charge on any atom is 0.323 e. The van der Waals surface area contributed by atoms with Crippen molar-refractivity contribution >= 4 is 28.3 Å². The summed E-state index contributed by atoms with van der Waals surface area (Å²) >= 11 is 0. The largest absolute Gasteiger partial charge is 0.323 e. The van der Waals surface area contributed by atoms with Crippen molar-refractivity contribution in [2.24, 2.45) is 7.05 Å². The van der Waals surface area contributed by atoms with E-state index in [0.29, 0.717) is 22.4 Å². The van der Waals surface area contributed by atoms with Gasteiger partial charge in [-0.15, -0.1) is 0 Å². The highest BCUT2D eigenvalue weighted by Crippen LogP contribution is 2.30. The number of carbonyl (C=O) groups excluding carboxylic acids is 1. The minimum atomic E-state index is -0.595. The molecule has 0 radical (unpaired) electrons. The Morgan fingerprint density at radius 1 is 0.861 bits per heavy atom. The number of aromatic nitrogens is 2. The lowest BCUT2D eigenvalue weighted by Gasteiger charge is -2.15. The Balaban J connectivity index is 1.48. The Labute approximate surface area is 207 Å². The van der Waals surface area contributed by atoms with Gasteiger partial charge in [-0.25, -0.2) is 9.18 Å². The van der Waals surface area contributed by atoms with E-state index in [-0.39, 0.29) is 11.2 Å². The van der Waals surface area contributed by atoms with Crippen LogP contribution in [0.3, 0.4) is 0 Å². The van der Waals surface area contributed by atoms with Crippen LogP contribution in [0.4, 0.5) is 20.6 Å². The fourth-order valence-corrected chi connectivity index (χ4v) is 4.31. The minimum Gasteiger partial charge on any atom is -0.311 e. The number of hydrogen-bond donors (Lipinski definition) is 2. The summed E-state index contributed by atoms with van der Waals surface area (Å²) in [5.74, 6) is -0.595. The standard InChI is InChI=1S/C29H23FN4O2/c1-18-14-24(30)26(16-22(18)23-15-20-17-31-13-12-27(20)34(2)28(23)35)33-29(36)32-25-11-7-6-10-21(25)19-8-4-3-5-9-19/h3-17H,1-2H3,(H2,32,33,36). The summed E-state index contributed by atoms with van der Waals surface area (Å²) in [6.07, 6.45) is 3.30. The summed E-state index contributed by atoms with van der Waals surface area (Å²) in [5, 5.41) is 6.19. The molecule has 0 saturated carbocycles. The van der Waals surface area contributed by atoms with Crippen LogP contribution in [0.2, 0.25) is 0 Å². The Kier molecular flexibility index (Phi) is 6.04. The predicted molar refractivity (Wildman–Crippen MR) is 142 cm³/mol. The van der Waals surface area contributed by atoms with Gasteiger partial charge >= 0.3 is 6.03 Å². The third kappa shape index (κ3) is 4.34. The molecule has 2 N–H and O–H groups in total. The first-order valence-corrected chi connectivity index (χ1v) is 11.4. The number of pyridine rings is 2. The molecule has 0 aliphatic heterocycles. The molecular weight excluding hydrogens is 455 g/mol. The molecule has 5 aromatic rings. The summed E-state index contributed by atoms with van der Waals surface area (Å²) in [5.41, 5.74) is 4.36. The number of hydrogen-bond acceptors (Lipinski definition) is 3. The predicted octanol–water partition coefficient (Wildman–Crippen LogP) is 6.36. The highest BCUT2D eigenvalue weighted by atomic mass is 19.1. The molecule has 0 fully saturated rings. The number of nitrogens with one attached hydrogen (secondary N) is 2. The van der Waals surface area contributed by atoms with E-state index in [0.717, 1.165) is 22.0 Å². The Morgan fingerprint density at radius 3 is 2.39 bits per heavy atom. The van der Waals surface area contributed by atoms with Gasteiger partial charge in [-0.1, -0.05) is 48.5 Å². The molecule has 178 valence electrons. The normalized spacial score (nSPS) is 10.9. The van der Waals surface area contributed by atoms with Gasteiger partial charge < -0.3 is 15.2 Å². The van der Waals surface area contributed by atoms with Crippen LogP contribution in [-0.2, 0) is 7.05 Å². The number of benzene rings is 3. The highest BCUT2D eigenvalue weighted by Gasteiger charge is 2.16. The highest BCUT2D eigenvalue weighted by molar-refractivity contribution is 6.02. The Hall–Kier alpha value is -4.78. The van der Waals surface area contributed by atoms with E-state index in [2.05, 4.69) is 15.6 Å². The van der Waals surface area contributed by atoms with Gasteiger partial charge in [0.25, 0.3) is 5.56 Å². The smallest absolute Gasteiger partial charge is 0.311 e. The minimum absolute atomic E-state index is 0.0290. The molecule has 7 heteroatoms. The van der Waals surface area contributed by atoms with Crippen molar-refractivity contribution in [2.45, 2.75) is 6.92 Å². The summed E-state index contributed by atoms with van der Waals surface area (Å²) in [4.78, 5) is 30.1. The summed E-state index contributed by atoms with van der Waals surface area (Å²) < 4.78 is 16.4. The van der Waals surface area contributed by atoms with Crippen LogP contribution in [0.15, 0.2) is 96.1 Å². The molecule has 5 rings (SSSR count). The van der Waals surface area contributed by atoms with Gasteiger partial charge in [-0.3, -0.25) is 9.78 Å². The van der Waals surface area contributed by atoms with E-state index in [1.165, 1.54) is 16.7 Å². The van der Waals surface area contributed by atoms with Crippen molar-refractivity contribution in [3.05, 3.63) is 113 Å². The molecule has 0 saturated heterocycles. The number of amides is 2. The number of nitrogens with zero attached hydrogens (tertiary/aromatic N) is 2. The molecule has 2 amide bonds. The maximum atomic E-state index is 14.9. The number of rotatable bonds is 4. The fourth-order valence-electron chi connectivity index (χ4n) is 4.31. The lowest BCUT2D eigenvalue weighted by Crippen LogP contribution is -2.21. The van der Waals surface area contributed by atoms with Gasteiger partial charge in [-0.2, -0.15) is 0 Å². The van der Waals surface area contributed by atoms with E-state index in [1.807, 2.05) is 48.5 Å². The maximum absolute atomic E-state index is 14.9. The zero-order valence-electron chi connectivity index (χ0n) is 19.7. The van der Waals surface area contributed by atoms with E-state index in [9.17, 15) is 14.0 Å². The molecule has 6 nitrogen and oxygen atoms in total. The molecule has 36 heavy (non-hydrogen) atoms. The van der Waals surface area contributed by atoms with Crippen molar-refractivity contribution in [1.29, 1.82) is 0 Å². The number of urea groups is 1. The number of halogens is 1. The molecule has 0 atom stereocenters. The average Bonchev–Trinajstić information content (AvgIpc) is 2.89. The third-order valence-electron chi connectivity index (χ3n) is 6.14. The first-order chi connectivity index (χ1) is 17.4. The van der Waals surface area contributed by atoms with Crippen LogP contribution in [0, 0.1) is 12.7 Å². The quantitative estimate of drug-likeness (QED) is 0.316. The second kappa shape index (κ2) is 9.46. The molecule has 0 unspecified atom stereocenters. The van der Waals surface area contributed by atoms with Crippen molar-refractivity contribution in [3.8, 4) is 22.3 Å². The van der Waals surface area contributed by atoms with Gasteiger partial charge in [0.2, 0.25) is 0 Å². The number of anilines is 2. The van der Waals surface area contributed by atoms with Crippen LogP contribution in [-0.4, -0.2) is 15.6 Å². The van der Waals surface area contributed by atoms with Gasteiger partial charge in [-0.05, 0) is 53.9 Å². The molecular formula is C29H23FN4O2.